The molecule has 0 radical (unpaired) electrons. The summed E-state index contributed by atoms with van der Waals surface area (Å²) in [6.45, 7) is 5.86. The van der Waals surface area contributed by atoms with Crippen molar-refractivity contribution in [2.45, 2.75) is 39.2 Å². The molecule has 1 aromatic heterocycles. The van der Waals surface area contributed by atoms with Crippen LogP contribution >= 0.6 is 0 Å². The van der Waals surface area contributed by atoms with Gasteiger partial charge in [-0.05, 0) is 26.0 Å². The first-order chi connectivity index (χ1) is 6.39. The van der Waals surface area contributed by atoms with Crippen LogP contribution in [0.2, 0.25) is 0 Å². The summed E-state index contributed by atoms with van der Waals surface area (Å²) in [7, 11) is 0. The molecule has 0 saturated carbocycles. The number of carbonyl (C=O) groups is 1. The molecule has 0 fully saturated rings. The molecule has 1 rings (SSSR count). The van der Waals surface area contributed by atoms with Gasteiger partial charge in [-0.3, -0.25) is 4.79 Å². The van der Waals surface area contributed by atoms with E-state index >= 15 is 0 Å². The van der Waals surface area contributed by atoms with E-state index in [4.69, 9.17) is 5.11 Å². The average Bonchev–Trinajstić information content (AvgIpc) is 2.47. The van der Waals surface area contributed by atoms with E-state index in [0.29, 0.717) is 12.2 Å². The summed E-state index contributed by atoms with van der Waals surface area (Å²) in [5, 5.41) is 20.2. The van der Waals surface area contributed by atoms with E-state index in [-0.39, 0.29) is 12.0 Å². The molecule has 0 unspecified atom stereocenters. The largest absolute Gasteiger partial charge is 0.481 e. The third-order valence-electron chi connectivity index (χ3n) is 1.62. The minimum absolute atomic E-state index is 0.0375. The number of aryl methyl sites for hydroxylation is 1. The minimum atomic E-state index is -0.850. The molecule has 1 aromatic rings. The lowest BCUT2D eigenvalue weighted by atomic mass is 10.1. The number of tetrazole rings is 1. The summed E-state index contributed by atoms with van der Waals surface area (Å²) >= 11 is 0. The summed E-state index contributed by atoms with van der Waals surface area (Å²) in [4.78, 5) is 11.8. The second-order valence-electron chi connectivity index (χ2n) is 4.06. The maximum Gasteiger partial charge on any atom is 0.303 e. The van der Waals surface area contributed by atoms with Crippen molar-refractivity contribution in [2.75, 3.05) is 0 Å². The highest BCUT2D eigenvalue weighted by atomic mass is 16.4. The molecule has 14 heavy (non-hydrogen) atoms. The molecule has 0 saturated heterocycles. The Balaban J connectivity index is 2.64. The van der Waals surface area contributed by atoms with Crippen molar-refractivity contribution in [3.63, 3.8) is 0 Å². The van der Waals surface area contributed by atoms with Crippen LogP contribution in [0.3, 0.4) is 0 Å². The van der Waals surface area contributed by atoms with E-state index in [2.05, 4.69) is 15.4 Å². The van der Waals surface area contributed by atoms with Gasteiger partial charge in [-0.2, -0.15) is 4.80 Å². The van der Waals surface area contributed by atoms with Crippen molar-refractivity contribution >= 4 is 5.97 Å². The summed E-state index contributed by atoms with van der Waals surface area (Å²) in [5.41, 5.74) is -0.214. The van der Waals surface area contributed by atoms with Crippen LogP contribution in [0.25, 0.3) is 0 Å². The van der Waals surface area contributed by atoms with Crippen molar-refractivity contribution < 1.29 is 9.90 Å². The number of carboxylic acids is 1. The molecule has 6 heteroatoms. The van der Waals surface area contributed by atoms with Gasteiger partial charge in [0.15, 0.2) is 5.82 Å². The second-order valence-corrected chi connectivity index (χ2v) is 4.06. The SMILES string of the molecule is CC(C)(C)n1nnc(CCC(=O)O)n1. The number of rotatable bonds is 3. The molecule has 1 heterocycles. The van der Waals surface area contributed by atoms with E-state index in [0.717, 1.165) is 0 Å². The summed E-state index contributed by atoms with van der Waals surface area (Å²) < 4.78 is 0. The van der Waals surface area contributed by atoms with Gasteiger partial charge >= 0.3 is 5.97 Å². The van der Waals surface area contributed by atoms with Gasteiger partial charge in [-0.1, -0.05) is 0 Å². The standard InChI is InChI=1S/C8H14N4O2/c1-8(2,3)12-10-6(9-11-12)4-5-7(13)14/h4-5H2,1-3H3,(H,13,14). The number of carboxylic acid groups (broad SMARTS) is 1. The highest BCUT2D eigenvalue weighted by molar-refractivity contribution is 5.66. The number of hydrogen-bond donors (Lipinski definition) is 1. The summed E-state index contributed by atoms with van der Waals surface area (Å²) in [6, 6.07) is 0. The topological polar surface area (TPSA) is 80.9 Å². The normalized spacial score (nSPS) is 11.6. The fourth-order valence-electron chi connectivity index (χ4n) is 0.846. The van der Waals surface area contributed by atoms with E-state index in [1.54, 1.807) is 0 Å². The van der Waals surface area contributed by atoms with Crippen LogP contribution in [0, 0.1) is 0 Å². The van der Waals surface area contributed by atoms with Gasteiger partial charge < -0.3 is 5.11 Å². The van der Waals surface area contributed by atoms with Crippen molar-refractivity contribution in [1.82, 2.24) is 20.2 Å². The van der Waals surface area contributed by atoms with Gasteiger partial charge in [0.05, 0.1) is 12.0 Å². The zero-order valence-electron chi connectivity index (χ0n) is 8.56. The molecule has 0 aliphatic heterocycles. The Morgan fingerprint density at radius 1 is 1.50 bits per heavy atom. The summed E-state index contributed by atoms with van der Waals surface area (Å²) in [5.74, 6) is -0.376. The van der Waals surface area contributed by atoms with Crippen molar-refractivity contribution in [2.24, 2.45) is 0 Å². The average molecular weight is 198 g/mol. The highest BCUT2D eigenvalue weighted by Crippen LogP contribution is 2.09. The van der Waals surface area contributed by atoms with E-state index < -0.39 is 5.97 Å². The molecule has 0 aliphatic rings. The molecule has 0 aromatic carbocycles. The predicted octanol–water partition coefficient (Wildman–Crippen LogP) is 0.445. The Labute approximate surface area is 81.9 Å². The quantitative estimate of drug-likeness (QED) is 0.762. The second kappa shape index (κ2) is 3.73. The van der Waals surface area contributed by atoms with Gasteiger partial charge in [0.1, 0.15) is 0 Å². The van der Waals surface area contributed by atoms with Gasteiger partial charge in [0.2, 0.25) is 0 Å². The lowest BCUT2D eigenvalue weighted by molar-refractivity contribution is -0.137. The lowest BCUT2D eigenvalue weighted by Crippen LogP contribution is -2.24. The molecular formula is C8H14N4O2. The van der Waals surface area contributed by atoms with Crippen LogP contribution in [0.4, 0.5) is 0 Å². The van der Waals surface area contributed by atoms with Crippen molar-refractivity contribution in [3.8, 4) is 0 Å². The van der Waals surface area contributed by atoms with Crippen LogP contribution in [-0.4, -0.2) is 31.3 Å². The monoisotopic (exact) mass is 198 g/mol. The molecule has 78 valence electrons. The van der Waals surface area contributed by atoms with Crippen LogP contribution < -0.4 is 0 Å². The molecular weight excluding hydrogens is 184 g/mol. The Hall–Kier alpha value is -1.46. The van der Waals surface area contributed by atoms with Crippen LogP contribution in [0.5, 0.6) is 0 Å². The van der Waals surface area contributed by atoms with Crippen LogP contribution in [-0.2, 0) is 16.8 Å². The first kappa shape index (κ1) is 10.6. The fourth-order valence-corrected chi connectivity index (χ4v) is 0.846. The smallest absolute Gasteiger partial charge is 0.303 e. The molecule has 0 bridgehead atoms. The number of aromatic nitrogens is 4. The van der Waals surface area contributed by atoms with Gasteiger partial charge in [-0.15, -0.1) is 10.2 Å². The molecule has 0 amide bonds. The zero-order chi connectivity index (χ0) is 10.8. The van der Waals surface area contributed by atoms with Crippen LogP contribution in [0.1, 0.15) is 33.0 Å². The zero-order valence-corrected chi connectivity index (χ0v) is 8.56. The maximum absolute atomic E-state index is 10.3. The minimum Gasteiger partial charge on any atom is -0.481 e. The molecule has 6 nitrogen and oxygen atoms in total. The Morgan fingerprint density at radius 2 is 2.14 bits per heavy atom. The molecule has 0 spiro atoms. The maximum atomic E-state index is 10.3. The Kier molecular flexibility index (Phi) is 2.83. The first-order valence-electron chi connectivity index (χ1n) is 4.41. The highest BCUT2D eigenvalue weighted by Gasteiger charge is 2.16. The van der Waals surface area contributed by atoms with E-state index in [9.17, 15) is 4.79 Å². The van der Waals surface area contributed by atoms with Crippen molar-refractivity contribution in [1.29, 1.82) is 0 Å². The number of nitrogens with zero attached hydrogens (tertiary/aromatic N) is 4. The van der Waals surface area contributed by atoms with Crippen molar-refractivity contribution in [3.05, 3.63) is 5.82 Å². The summed E-state index contributed by atoms with van der Waals surface area (Å²) in [6.07, 6.45) is 0.362. The molecule has 1 N–H and O–H groups in total. The molecule has 0 atom stereocenters. The predicted molar refractivity (Wildman–Crippen MR) is 48.8 cm³/mol. The van der Waals surface area contributed by atoms with Gasteiger partial charge in [0, 0.05) is 6.42 Å². The van der Waals surface area contributed by atoms with E-state index in [1.165, 1.54) is 4.80 Å². The molecule has 0 aliphatic carbocycles. The lowest BCUT2D eigenvalue weighted by Gasteiger charge is -2.15. The first-order valence-corrected chi connectivity index (χ1v) is 4.41. The van der Waals surface area contributed by atoms with Gasteiger partial charge in [-0.25, -0.2) is 0 Å². The third-order valence-corrected chi connectivity index (χ3v) is 1.62. The third kappa shape index (κ3) is 2.79. The van der Waals surface area contributed by atoms with Gasteiger partial charge in [0.25, 0.3) is 0 Å². The fraction of sp³-hybridized carbons (Fsp3) is 0.750. The van der Waals surface area contributed by atoms with Crippen LogP contribution in [0.15, 0.2) is 0 Å². The Morgan fingerprint density at radius 3 is 2.57 bits per heavy atom. The van der Waals surface area contributed by atoms with E-state index in [1.807, 2.05) is 20.8 Å². The number of hydrogen-bond acceptors (Lipinski definition) is 4. The number of aliphatic carboxylic acids is 1. The Bertz CT molecular complexity index is 326.